The number of rotatable bonds is 7. The molecule has 0 aliphatic carbocycles. The summed E-state index contributed by atoms with van der Waals surface area (Å²) < 4.78 is 18.4. The summed E-state index contributed by atoms with van der Waals surface area (Å²) in [6.45, 7) is 7.44. The van der Waals surface area contributed by atoms with Crippen molar-refractivity contribution in [2.45, 2.75) is 32.9 Å². The number of benzene rings is 1. The molecule has 2 N–H and O–H groups in total. The van der Waals surface area contributed by atoms with E-state index >= 15 is 0 Å². The molecule has 0 radical (unpaired) electrons. The molecule has 0 bridgehead atoms. The van der Waals surface area contributed by atoms with Crippen molar-refractivity contribution < 1.29 is 8.91 Å². The lowest BCUT2D eigenvalue weighted by Gasteiger charge is -2.26. The number of halogens is 1. The maximum atomic E-state index is 13.1. The van der Waals surface area contributed by atoms with Gasteiger partial charge in [-0.1, -0.05) is 31.1 Å². The van der Waals surface area contributed by atoms with Gasteiger partial charge < -0.3 is 4.52 Å². The average molecular weight is 333 g/mol. The zero-order valence-corrected chi connectivity index (χ0v) is 14.1. The fraction of sp³-hybridized carbons (Fsp3) is 0.529. The van der Waals surface area contributed by atoms with E-state index < -0.39 is 0 Å². The van der Waals surface area contributed by atoms with Crippen LogP contribution in [0, 0.1) is 11.7 Å². The van der Waals surface area contributed by atoms with E-state index in [-0.39, 0.29) is 11.9 Å². The molecule has 130 valence electrons. The minimum absolute atomic E-state index is 0.161. The minimum atomic E-state index is -0.209. The van der Waals surface area contributed by atoms with Crippen LogP contribution >= 0.6 is 0 Å². The van der Waals surface area contributed by atoms with E-state index in [2.05, 4.69) is 32.8 Å². The van der Waals surface area contributed by atoms with Gasteiger partial charge in [0.15, 0.2) is 5.82 Å². The monoisotopic (exact) mass is 333 g/mol. The van der Waals surface area contributed by atoms with E-state index in [1.165, 1.54) is 12.1 Å². The molecule has 1 aromatic carbocycles. The molecule has 2 aromatic rings. The average Bonchev–Trinajstić information content (AvgIpc) is 3.24. The molecule has 0 amide bonds. The van der Waals surface area contributed by atoms with Crippen LogP contribution in [0.25, 0.3) is 0 Å². The van der Waals surface area contributed by atoms with Gasteiger partial charge in [-0.3, -0.25) is 10.3 Å². The lowest BCUT2D eigenvalue weighted by Crippen LogP contribution is -2.32. The highest BCUT2D eigenvalue weighted by Gasteiger charge is 2.30. The molecule has 7 heteroatoms. The number of aryl methyl sites for hydroxylation is 1. The van der Waals surface area contributed by atoms with Crippen molar-refractivity contribution in [1.82, 2.24) is 25.9 Å². The van der Waals surface area contributed by atoms with Crippen molar-refractivity contribution in [2.75, 3.05) is 19.6 Å². The van der Waals surface area contributed by atoms with Crippen LogP contribution in [0.1, 0.15) is 37.2 Å². The standard InChI is InChI=1S/C17H24FN5O/c1-3-15-20-16(24-22-15)11-23(4-2)10-13-9-19-21-17(13)12-5-7-14(18)8-6-12/h5-8,13,17,19,21H,3-4,9-11H2,1-2H3. The summed E-state index contributed by atoms with van der Waals surface area (Å²) in [4.78, 5) is 6.68. The molecule has 6 nitrogen and oxygen atoms in total. The molecule has 1 saturated heterocycles. The third-order valence-corrected chi connectivity index (χ3v) is 4.45. The summed E-state index contributed by atoms with van der Waals surface area (Å²) in [5.74, 6) is 1.57. The number of nitrogens with zero attached hydrogens (tertiary/aromatic N) is 3. The second-order valence-corrected chi connectivity index (χ2v) is 6.10. The number of hydrogen-bond donors (Lipinski definition) is 2. The topological polar surface area (TPSA) is 66.2 Å². The van der Waals surface area contributed by atoms with Gasteiger partial charge in [-0.15, -0.1) is 0 Å². The molecule has 24 heavy (non-hydrogen) atoms. The molecule has 2 heterocycles. The predicted octanol–water partition coefficient (Wildman–Crippen LogP) is 2.06. The van der Waals surface area contributed by atoms with E-state index in [0.717, 1.165) is 37.4 Å². The summed E-state index contributed by atoms with van der Waals surface area (Å²) in [5, 5.41) is 3.95. The highest BCUT2D eigenvalue weighted by Crippen LogP contribution is 2.26. The largest absolute Gasteiger partial charge is 0.338 e. The van der Waals surface area contributed by atoms with Crippen molar-refractivity contribution in [3.8, 4) is 0 Å². The highest BCUT2D eigenvalue weighted by molar-refractivity contribution is 5.21. The number of hydrogen-bond acceptors (Lipinski definition) is 6. The number of aromatic nitrogens is 2. The lowest BCUT2D eigenvalue weighted by molar-refractivity contribution is 0.200. The van der Waals surface area contributed by atoms with Crippen LogP contribution < -0.4 is 10.9 Å². The Morgan fingerprint density at radius 1 is 1.29 bits per heavy atom. The summed E-state index contributed by atoms with van der Waals surface area (Å²) in [7, 11) is 0. The maximum absolute atomic E-state index is 13.1. The van der Waals surface area contributed by atoms with Gasteiger partial charge in [0.1, 0.15) is 5.82 Å². The Morgan fingerprint density at radius 2 is 2.08 bits per heavy atom. The van der Waals surface area contributed by atoms with Gasteiger partial charge in [0.2, 0.25) is 5.89 Å². The van der Waals surface area contributed by atoms with E-state index in [1.807, 2.05) is 19.1 Å². The predicted molar refractivity (Wildman–Crippen MR) is 88.4 cm³/mol. The maximum Gasteiger partial charge on any atom is 0.240 e. The second-order valence-electron chi connectivity index (χ2n) is 6.10. The Balaban J connectivity index is 1.64. The van der Waals surface area contributed by atoms with Gasteiger partial charge in [-0.05, 0) is 24.2 Å². The molecule has 1 fully saturated rings. The molecule has 2 atom stereocenters. The first-order valence-corrected chi connectivity index (χ1v) is 8.47. The molecule has 0 saturated carbocycles. The first-order chi connectivity index (χ1) is 11.7. The van der Waals surface area contributed by atoms with Crippen molar-refractivity contribution in [1.29, 1.82) is 0 Å². The number of hydrazine groups is 1. The molecule has 1 aliphatic heterocycles. The molecule has 1 aromatic heterocycles. The van der Waals surface area contributed by atoms with E-state index in [9.17, 15) is 4.39 Å². The summed E-state index contributed by atoms with van der Waals surface area (Å²) >= 11 is 0. The van der Waals surface area contributed by atoms with Crippen molar-refractivity contribution in [3.05, 3.63) is 47.4 Å². The second kappa shape index (κ2) is 7.83. The van der Waals surface area contributed by atoms with Crippen LogP contribution in [0.2, 0.25) is 0 Å². The highest BCUT2D eigenvalue weighted by atomic mass is 19.1. The van der Waals surface area contributed by atoms with E-state index in [1.54, 1.807) is 0 Å². The SMILES string of the molecule is CCc1noc(CN(CC)CC2CNNC2c2ccc(F)cc2)n1. The molecular formula is C17H24FN5O. The van der Waals surface area contributed by atoms with Crippen LogP contribution in [0.15, 0.2) is 28.8 Å². The van der Waals surface area contributed by atoms with Crippen molar-refractivity contribution in [3.63, 3.8) is 0 Å². The molecular weight excluding hydrogens is 309 g/mol. The Hall–Kier alpha value is -1.83. The fourth-order valence-corrected chi connectivity index (χ4v) is 3.06. The zero-order valence-electron chi connectivity index (χ0n) is 14.1. The van der Waals surface area contributed by atoms with Crippen LogP contribution in [0.4, 0.5) is 4.39 Å². The Bertz CT molecular complexity index is 645. The normalized spacial score (nSPS) is 20.8. The smallest absolute Gasteiger partial charge is 0.240 e. The Kier molecular flexibility index (Phi) is 5.55. The number of nitrogens with one attached hydrogen (secondary N) is 2. The van der Waals surface area contributed by atoms with Crippen LogP contribution in [-0.2, 0) is 13.0 Å². The third-order valence-electron chi connectivity index (χ3n) is 4.45. The van der Waals surface area contributed by atoms with Gasteiger partial charge in [-0.2, -0.15) is 4.98 Å². The van der Waals surface area contributed by atoms with Gasteiger partial charge in [0, 0.05) is 25.4 Å². The minimum Gasteiger partial charge on any atom is -0.338 e. The Morgan fingerprint density at radius 3 is 2.75 bits per heavy atom. The quantitative estimate of drug-likeness (QED) is 0.808. The molecule has 1 aliphatic rings. The van der Waals surface area contributed by atoms with Crippen LogP contribution in [-0.4, -0.2) is 34.7 Å². The zero-order chi connectivity index (χ0) is 16.9. The summed E-state index contributed by atoms with van der Waals surface area (Å²) in [5.41, 5.74) is 7.61. The van der Waals surface area contributed by atoms with Crippen molar-refractivity contribution in [2.24, 2.45) is 5.92 Å². The Labute approximate surface area is 141 Å². The molecule has 3 rings (SSSR count). The van der Waals surface area contributed by atoms with E-state index in [0.29, 0.717) is 18.4 Å². The van der Waals surface area contributed by atoms with Gasteiger partial charge in [-0.25, -0.2) is 9.82 Å². The van der Waals surface area contributed by atoms with Gasteiger partial charge in [0.05, 0.1) is 12.6 Å². The lowest BCUT2D eigenvalue weighted by atomic mass is 9.94. The summed E-state index contributed by atoms with van der Waals surface area (Å²) in [6, 6.07) is 6.86. The van der Waals surface area contributed by atoms with Gasteiger partial charge in [0.25, 0.3) is 0 Å². The van der Waals surface area contributed by atoms with Crippen LogP contribution in [0.3, 0.4) is 0 Å². The fourth-order valence-electron chi connectivity index (χ4n) is 3.06. The summed E-state index contributed by atoms with van der Waals surface area (Å²) in [6.07, 6.45) is 0.777. The first-order valence-electron chi connectivity index (χ1n) is 8.47. The van der Waals surface area contributed by atoms with Crippen molar-refractivity contribution >= 4 is 0 Å². The van der Waals surface area contributed by atoms with Crippen LogP contribution in [0.5, 0.6) is 0 Å². The molecule has 2 unspecified atom stereocenters. The van der Waals surface area contributed by atoms with E-state index in [4.69, 9.17) is 4.52 Å². The first kappa shape index (κ1) is 17.0. The van der Waals surface area contributed by atoms with Gasteiger partial charge >= 0.3 is 0 Å². The third kappa shape index (κ3) is 3.98. The molecule has 0 spiro atoms.